The standard InChI is InChI=1S/C13H23N3O/c14-13(5-6-13)12(17)16-9-7-15(8-10-16)11-3-1-2-4-11/h11H,1-10,14H2. The Labute approximate surface area is 103 Å². The topological polar surface area (TPSA) is 49.6 Å². The largest absolute Gasteiger partial charge is 0.339 e. The van der Waals surface area contributed by atoms with Crippen molar-refractivity contribution < 1.29 is 4.79 Å². The Kier molecular flexibility index (Phi) is 2.87. The summed E-state index contributed by atoms with van der Waals surface area (Å²) in [6, 6.07) is 0.792. The molecule has 0 aromatic rings. The van der Waals surface area contributed by atoms with E-state index in [0.717, 1.165) is 45.1 Å². The van der Waals surface area contributed by atoms with Crippen molar-refractivity contribution in [1.29, 1.82) is 0 Å². The van der Waals surface area contributed by atoms with Gasteiger partial charge in [0.1, 0.15) is 0 Å². The Hall–Kier alpha value is -0.610. The minimum Gasteiger partial charge on any atom is -0.339 e. The molecule has 0 spiro atoms. The third-order valence-electron chi connectivity index (χ3n) is 4.66. The van der Waals surface area contributed by atoms with Crippen LogP contribution in [0.25, 0.3) is 0 Å². The molecule has 17 heavy (non-hydrogen) atoms. The average molecular weight is 237 g/mol. The second-order valence-corrected chi connectivity index (χ2v) is 5.92. The molecule has 0 aromatic heterocycles. The summed E-state index contributed by atoms with van der Waals surface area (Å²) < 4.78 is 0. The number of carbonyl (C=O) groups is 1. The SMILES string of the molecule is NC1(C(=O)N2CCN(C3CCCC3)CC2)CC1. The first-order chi connectivity index (χ1) is 8.19. The van der Waals surface area contributed by atoms with Crippen LogP contribution in [-0.4, -0.2) is 53.5 Å². The van der Waals surface area contributed by atoms with E-state index in [4.69, 9.17) is 5.73 Å². The molecule has 4 heteroatoms. The molecule has 1 amide bonds. The zero-order valence-corrected chi connectivity index (χ0v) is 10.5. The van der Waals surface area contributed by atoms with Crippen LogP contribution in [0.15, 0.2) is 0 Å². The van der Waals surface area contributed by atoms with E-state index in [9.17, 15) is 4.79 Å². The van der Waals surface area contributed by atoms with Crippen LogP contribution in [0.1, 0.15) is 38.5 Å². The molecular formula is C13H23N3O. The van der Waals surface area contributed by atoms with Crippen molar-refractivity contribution in [2.24, 2.45) is 5.73 Å². The summed E-state index contributed by atoms with van der Waals surface area (Å²) in [5, 5.41) is 0. The predicted octanol–water partition coefficient (Wildman–Crippen LogP) is 0.564. The maximum absolute atomic E-state index is 12.1. The second-order valence-electron chi connectivity index (χ2n) is 5.92. The molecule has 0 radical (unpaired) electrons. The van der Waals surface area contributed by atoms with Crippen LogP contribution in [0.2, 0.25) is 0 Å². The van der Waals surface area contributed by atoms with Gasteiger partial charge in [-0.2, -0.15) is 0 Å². The molecule has 1 heterocycles. The van der Waals surface area contributed by atoms with Crippen LogP contribution in [-0.2, 0) is 4.79 Å². The van der Waals surface area contributed by atoms with Gasteiger partial charge in [0, 0.05) is 32.2 Å². The molecule has 0 atom stereocenters. The Morgan fingerprint density at radius 2 is 1.65 bits per heavy atom. The van der Waals surface area contributed by atoms with Gasteiger partial charge in [-0.1, -0.05) is 12.8 Å². The van der Waals surface area contributed by atoms with Crippen molar-refractivity contribution >= 4 is 5.91 Å². The molecule has 0 aromatic carbocycles. The number of carbonyl (C=O) groups excluding carboxylic acids is 1. The van der Waals surface area contributed by atoms with E-state index in [1.807, 2.05) is 4.90 Å². The smallest absolute Gasteiger partial charge is 0.242 e. The quantitative estimate of drug-likeness (QED) is 0.763. The van der Waals surface area contributed by atoms with Crippen molar-refractivity contribution in [3.8, 4) is 0 Å². The van der Waals surface area contributed by atoms with E-state index < -0.39 is 5.54 Å². The lowest BCUT2D eigenvalue weighted by Gasteiger charge is -2.39. The van der Waals surface area contributed by atoms with Gasteiger partial charge in [-0.25, -0.2) is 0 Å². The molecule has 3 fully saturated rings. The maximum atomic E-state index is 12.1. The van der Waals surface area contributed by atoms with Gasteiger partial charge >= 0.3 is 0 Å². The second kappa shape index (κ2) is 4.25. The lowest BCUT2D eigenvalue weighted by atomic mass is 10.1. The number of hydrogen-bond acceptors (Lipinski definition) is 3. The number of amides is 1. The lowest BCUT2D eigenvalue weighted by molar-refractivity contribution is -0.135. The molecule has 96 valence electrons. The van der Waals surface area contributed by atoms with E-state index in [0.29, 0.717) is 0 Å². The molecule has 1 aliphatic heterocycles. The highest BCUT2D eigenvalue weighted by Gasteiger charge is 2.48. The van der Waals surface area contributed by atoms with E-state index in [1.165, 1.54) is 25.7 Å². The normalized spacial score (nSPS) is 29.6. The zero-order chi connectivity index (χ0) is 11.9. The average Bonchev–Trinajstić information content (AvgIpc) is 2.91. The summed E-state index contributed by atoms with van der Waals surface area (Å²) in [5.74, 6) is 0.198. The third kappa shape index (κ3) is 2.20. The molecule has 0 bridgehead atoms. The minimum atomic E-state index is -0.477. The highest BCUT2D eigenvalue weighted by molar-refractivity contribution is 5.89. The monoisotopic (exact) mass is 237 g/mol. The van der Waals surface area contributed by atoms with Crippen molar-refractivity contribution in [2.75, 3.05) is 26.2 Å². The molecule has 4 nitrogen and oxygen atoms in total. The molecule has 3 aliphatic rings. The first-order valence-electron chi connectivity index (χ1n) is 7.01. The van der Waals surface area contributed by atoms with Crippen molar-refractivity contribution in [1.82, 2.24) is 9.80 Å². The number of piperazine rings is 1. The Morgan fingerprint density at radius 1 is 1.06 bits per heavy atom. The van der Waals surface area contributed by atoms with Crippen LogP contribution in [0, 0.1) is 0 Å². The van der Waals surface area contributed by atoms with Gasteiger partial charge in [0.25, 0.3) is 0 Å². The highest BCUT2D eigenvalue weighted by atomic mass is 16.2. The number of rotatable bonds is 2. The van der Waals surface area contributed by atoms with E-state index >= 15 is 0 Å². The van der Waals surface area contributed by atoms with Crippen LogP contribution in [0.3, 0.4) is 0 Å². The van der Waals surface area contributed by atoms with Gasteiger partial charge in [-0.15, -0.1) is 0 Å². The van der Waals surface area contributed by atoms with Crippen LogP contribution < -0.4 is 5.73 Å². The Morgan fingerprint density at radius 3 is 2.18 bits per heavy atom. The fraction of sp³-hybridized carbons (Fsp3) is 0.923. The van der Waals surface area contributed by atoms with Crippen molar-refractivity contribution in [3.63, 3.8) is 0 Å². The maximum Gasteiger partial charge on any atom is 0.242 e. The molecule has 2 saturated carbocycles. The van der Waals surface area contributed by atoms with Crippen molar-refractivity contribution in [2.45, 2.75) is 50.1 Å². The molecule has 2 aliphatic carbocycles. The van der Waals surface area contributed by atoms with Gasteiger partial charge < -0.3 is 10.6 Å². The zero-order valence-electron chi connectivity index (χ0n) is 10.5. The summed E-state index contributed by atoms with van der Waals surface area (Å²) in [5.41, 5.74) is 5.50. The van der Waals surface area contributed by atoms with Gasteiger partial charge in [0.15, 0.2) is 0 Å². The molecule has 0 unspecified atom stereocenters. The molecular weight excluding hydrogens is 214 g/mol. The molecule has 2 N–H and O–H groups in total. The number of nitrogens with zero attached hydrogens (tertiary/aromatic N) is 2. The number of hydrogen-bond donors (Lipinski definition) is 1. The highest BCUT2D eigenvalue weighted by Crippen LogP contribution is 2.34. The summed E-state index contributed by atoms with van der Waals surface area (Å²) >= 11 is 0. The van der Waals surface area contributed by atoms with Crippen molar-refractivity contribution in [3.05, 3.63) is 0 Å². The Balaban J connectivity index is 1.51. The molecule has 3 rings (SSSR count). The number of nitrogens with two attached hydrogens (primary N) is 1. The van der Waals surface area contributed by atoms with E-state index in [1.54, 1.807) is 0 Å². The van der Waals surface area contributed by atoms with E-state index in [-0.39, 0.29) is 5.91 Å². The summed E-state index contributed by atoms with van der Waals surface area (Å²) in [7, 11) is 0. The first kappa shape index (κ1) is 11.5. The molecule has 1 saturated heterocycles. The summed E-state index contributed by atoms with van der Waals surface area (Å²) in [6.07, 6.45) is 7.25. The summed E-state index contributed by atoms with van der Waals surface area (Å²) in [4.78, 5) is 16.7. The van der Waals surface area contributed by atoms with E-state index in [2.05, 4.69) is 4.90 Å². The predicted molar refractivity (Wildman–Crippen MR) is 66.6 cm³/mol. The lowest BCUT2D eigenvalue weighted by Crippen LogP contribution is -2.55. The van der Waals surface area contributed by atoms with Crippen LogP contribution in [0.4, 0.5) is 0 Å². The van der Waals surface area contributed by atoms with Gasteiger partial charge in [0.05, 0.1) is 5.54 Å². The summed E-state index contributed by atoms with van der Waals surface area (Å²) in [6.45, 7) is 3.86. The minimum absolute atomic E-state index is 0.198. The Bertz CT molecular complexity index is 300. The van der Waals surface area contributed by atoms with Gasteiger partial charge in [0.2, 0.25) is 5.91 Å². The fourth-order valence-corrected chi connectivity index (χ4v) is 3.22. The van der Waals surface area contributed by atoms with Crippen LogP contribution >= 0.6 is 0 Å². The van der Waals surface area contributed by atoms with Crippen LogP contribution in [0.5, 0.6) is 0 Å². The fourth-order valence-electron chi connectivity index (χ4n) is 3.22. The van der Waals surface area contributed by atoms with Gasteiger partial charge in [-0.3, -0.25) is 9.69 Å². The third-order valence-corrected chi connectivity index (χ3v) is 4.66. The first-order valence-corrected chi connectivity index (χ1v) is 7.01. The van der Waals surface area contributed by atoms with Gasteiger partial charge in [-0.05, 0) is 25.7 Å².